The summed E-state index contributed by atoms with van der Waals surface area (Å²) in [7, 11) is 0. The summed E-state index contributed by atoms with van der Waals surface area (Å²) in [5.41, 5.74) is 0.731. The summed E-state index contributed by atoms with van der Waals surface area (Å²) < 4.78 is 2.57. The summed E-state index contributed by atoms with van der Waals surface area (Å²) in [6, 6.07) is 3.78. The molecule has 1 aromatic rings. The van der Waals surface area contributed by atoms with Crippen LogP contribution in [0.2, 0.25) is 0 Å². The minimum Gasteiger partial charge on any atom is -0.393 e. The molecule has 1 aromatic carbocycles. The lowest BCUT2D eigenvalue weighted by molar-refractivity contribution is -0.117. The molecule has 1 aliphatic heterocycles. The molecule has 1 heterocycles. The number of likely N-dealkylation sites (tertiary alicyclic amines) is 1. The van der Waals surface area contributed by atoms with Gasteiger partial charge in [0.1, 0.15) is 0 Å². The summed E-state index contributed by atoms with van der Waals surface area (Å²) in [4.78, 5) is 14.2. The summed E-state index contributed by atoms with van der Waals surface area (Å²) in [6.07, 6.45) is 0.629. The molecule has 0 aromatic heterocycles. The number of aliphatic hydroxyl groups is 1. The molecule has 0 bridgehead atoms. The highest BCUT2D eigenvalue weighted by Crippen LogP contribution is 2.34. The maximum absolute atomic E-state index is 12.2. The predicted octanol–water partition coefficient (Wildman–Crippen LogP) is 3.62. The molecular weight excluding hydrogens is 468 g/mol. The first-order chi connectivity index (χ1) is 9.86. The maximum Gasteiger partial charge on any atom is 0.238 e. The Morgan fingerprint density at radius 3 is 2.57 bits per heavy atom. The van der Waals surface area contributed by atoms with Gasteiger partial charge in [-0.15, -0.1) is 0 Å². The molecule has 2 N–H and O–H groups in total. The first-order valence-electron chi connectivity index (χ1n) is 6.71. The lowest BCUT2D eigenvalue weighted by atomic mass is 10.0. The van der Waals surface area contributed by atoms with Gasteiger partial charge in [0.25, 0.3) is 0 Å². The van der Waals surface area contributed by atoms with Crippen molar-refractivity contribution in [2.45, 2.75) is 19.4 Å². The molecule has 1 aliphatic rings. The Bertz CT molecular complexity index is 514. The number of anilines is 1. The van der Waals surface area contributed by atoms with E-state index in [2.05, 4.69) is 58.0 Å². The fraction of sp³-hybridized carbons (Fsp3) is 0.500. The number of rotatable bonds is 4. The smallest absolute Gasteiger partial charge is 0.238 e. The average molecular weight is 485 g/mol. The molecule has 116 valence electrons. The summed E-state index contributed by atoms with van der Waals surface area (Å²) in [5, 5.41) is 12.5. The van der Waals surface area contributed by atoms with E-state index in [0.717, 1.165) is 38.6 Å². The highest BCUT2D eigenvalue weighted by Gasteiger charge is 2.27. The third-order valence-electron chi connectivity index (χ3n) is 3.63. The summed E-state index contributed by atoms with van der Waals surface area (Å²) in [5.74, 6) is 0.217. The average Bonchev–Trinajstić information content (AvgIpc) is 2.82. The van der Waals surface area contributed by atoms with Crippen molar-refractivity contribution in [2.24, 2.45) is 5.92 Å². The van der Waals surface area contributed by atoms with Crippen LogP contribution in [0.5, 0.6) is 0 Å². The molecule has 0 saturated carbocycles. The highest BCUT2D eigenvalue weighted by molar-refractivity contribution is 9.11. The monoisotopic (exact) mass is 482 g/mol. The van der Waals surface area contributed by atoms with E-state index < -0.39 is 0 Å². The van der Waals surface area contributed by atoms with Gasteiger partial charge in [0, 0.05) is 20.0 Å². The van der Waals surface area contributed by atoms with Crippen molar-refractivity contribution in [3.8, 4) is 0 Å². The van der Waals surface area contributed by atoms with Crippen LogP contribution in [0.4, 0.5) is 5.69 Å². The zero-order chi connectivity index (χ0) is 15.6. The van der Waals surface area contributed by atoms with Crippen LogP contribution in [0.25, 0.3) is 0 Å². The first kappa shape index (κ1) is 17.4. The Labute approximate surface area is 149 Å². The van der Waals surface area contributed by atoms with Gasteiger partial charge in [-0.3, -0.25) is 9.69 Å². The van der Waals surface area contributed by atoms with E-state index in [1.807, 2.05) is 19.1 Å². The lowest BCUT2D eigenvalue weighted by Crippen LogP contribution is -2.32. The molecule has 4 nitrogen and oxygen atoms in total. The van der Waals surface area contributed by atoms with E-state index in [0.29, 0.717) is 6.54 Å². The molecule has 2 unspecified atom stereocenters. The number of benzene rings is 1. The number of nitrogens with zero attached hydrogens (tertiary/aromatic N) is 1. The van der Waals surface area contributed by atoms with Gasteiger partial charge in [0.2, 0.25) is 5.91 Å². The Morgan fingerprint density at radius 2 is 2.05 bits per heavy atom. The van der Waals surface area contributed by atoms with Gasteiger partial charge in [-0.2, -0.15) is 0 Å². The molecule has 1 amide bonds. The number of nitrogens with one attached hydrogen (secondary N) is 1. The molecule has 0 radical (unpaired) electrons. The van der Waals surface area contributed by atoms with Gasteiger partial charge in [0.05, 0.1) is 18.3 Å². The van der Waals surface area contributed by atoms with Crippen molar-refractivity contribution in [3.05, 3.63) is 25.6 Å². The van der Waals surface area contributed by atoms with E-state index in [-0.39, 0.29) is 17.9 Å². The fourth-order valence-corrected chi connectivity index (χ4v) is 4.90. The molecule has 2 rings (SSSR count). The molecule has 21 heavy (non-hydrogen) atoms. The van der Waals surface area contributed by atoms with Crippen LogP contribution >= 0.6 is 47.8 Å². The summed E-state index contributed by atoms with van der Waals surface area (Å²) in [6.45, 7) is 3.78. The SMILES string of the molecule is CC(O)C1CCN(CC(=O)Nc2c(Br)cc(Br)cc2Br)C1. The maximum atomic E-state index is 12.2. The van der Waals surface area contributed by atoms with E-state index in [1.165, 1.54) is 0 Å². The molecule has 1 saturated heterocycles. The second-order valence-electron chi connectivity index (χ2n) is 5.32. The van der Waals surface area contributed by atoms with Crippen molar-refractivity contribution >= 4 is 59.4 Å². The molecule has 1 fully saturated rings. The van der Waals surface area contributed by atoms with Crippen LogP contribution in [0, 0.1) is 5.92 Å². The van der Waals surface area contributed by atoms with Crippen molar-refractivity contribution in [1.82, 2.24) is 4.90 Å². The van der Waals surface area contributed by atoms with Crippen LogP contribution < -0.4 is 5.32 Å². The van der Waals surface area contributed by atoms with Crippen LogP contribution in [0.15, 0.2) is 25.6 Å². The van der Waals surface area contributed by atoms with Gasteiger partial charge in [-0.05, 0) is 69.8 Å². The van der Waals surface area contributed by atoms with Gasteiger partial charge in [-0.25, -0.2) is 0 Å². The zero-order valence-electron chi connectivity index (χ0n) is 11.6. The van der Waals surface area contributed by atoms with Crippen molar-refractivity contribution in [3.63, 3.8) is 0 Å². The molecule has 0 spiro atoms. The van der Waals surface area contributed by atoms with Gasteiger partial charge in [0.15, 0.2) is 0 Å². The number of halogens is 3. The topological polar surface area (TPSA) is 52.6 Å². The minimum absolute atomic E-state index is 0.0510. The van der Waals surface area contributed by atoms with Gasteiger partial charge >= 0.3 is 0 Å². The van der Waals surface area contributed by atoms with Crippen LogP contribution in [-0.2, 0) is 4.79 Å². The molecule has 7 heteroatoms. The quantitative estimate of drug-likeness (QED) is 0.686. The number of carbonyl (C=O) groups is 1. The molecule has 0 aliphatic carbocycles. The molecule has 2 atom stereocenters. The first-order valence-corrected chi connectivity index (χ1v) is 9.09. The number of amides is 1. The van der Waals surface area contributed by atoms with Gasteiger partial charge < -0.3 is 10.4 Å². The third kappa shape index (κ3) is 4.76. The molecular formula is C14H17Br3N2O2. The largest absolute Gasteiger partial charge is 0.393 e. The highest BCUT2D eigenvalue weighted by atomic mass is 79.9. The van der Waals surface area contributed by atoms with Crippen molar-refractivity contribution in [2.75, 3.05) is 25.0 Å². The van der Waals surface area contributed by atoms with Crippen LogP contribution in [-0.4, -0.2) is 41.7 Å². The zero-order valence-corrected chi connectivity index (χ0v) is 16.3. The van der Waals surface area contributed by atoms with Crippen molar-refractivity contribution < 1.29 is 9.90 Å². The number of carbonyl (C=O) groups excluding carboxylic acids is 1. The Balaban J connectivity index is 1.94. The standard InChI is InChI=1S/C14H17Br3N2O2/c1-8(20)9-2-3-19(6-9)7-13(21)18-14-11(16)4-10(15)5-12(14)17/h4-5,8-9,20H,2-3,6-7H2,1H3,(H,18,21). The van der Waals surface area contributed by atoms with E-state index in [4.69, 9.17) is 0 Å². The van der Waals surface area contributed by atoms with Crippen LogP contribution in [0.1, 0.15) is 13.3 Å². The number of hydrogen-bond acceptors (Lipinski definition) is 3. The van der Waals surface area contributed by atoms with Crippen LogP contribution in [0.3, 0.4) is 0 Å². The van der Waals surface area contributed by atoms with E-state index in [9.17, 15) is 9.90 Å². The minimum atomic E-state index is -0.312. The number of aliphatic hydroxyl groups excluding tert-OH is 1. The van der Waals surface area contributed by atoms with Crippen molar-refractivity contribution in [1.29, 1.82) is 0 Å². The second kappa shape index (κ2) is 7.55. The summed E-state index contributed by atoms with van der Waals surface area (Å²) >= 11 is 10.3. The Morgan fingerprint density at radius 1 is 1.43 bits per heavy atom. The Kier molecular flexibility index (Phi) is 6.25. The third-order valence-corrected chi connectivity index (χ3v) is 5.34. The fourth-order valence-electron chi connectivity index (χ4n) is 2.44. The van der Waals surface area contributed by atoms with E-state index >= 15 is 0 Å². The number of hydrogen-bond donors (Lipinski definition) is 2. The van der Waals surface area contributed by atoms with E-state index in [1.54, 1.807) is 0 Å². The Hall–Kier alpha value is 0.0500. The lowest BCUT2D eigenvalue weighted by Gasteiger charge is -2.17. The normalized spacial score (nSPS) is 20.5. The van der Waals surface area contributed by atoms with Gasteiger partial charge in [-0.1, -0.05) is 15.9 Å². The predicted molar refractivity (Wildman–Crippen MR) is 94.4 cm³/mol. The second-order valence-corrected chi connectivity index (χ2v) is 7.94.